The van der Waals surface area contributed by atoms with Gasteiger partial charge in [0, 0.05) is 6.20 Å². The summed E-state index contributed by atoms with van der Waals surface area (Å²) in [6.07, 6.45) is 3.18. The number of fused-ring (bicyclic) bond motifs is 1. The lowest BCUT2D eigenvalue weighted by Crippen LogP contribution is -2.05. The minimum atomic E-state index is -0.861. The van der Waals surface area contributed by atoms with Gasteiger partial charge in [0.25, 0.3) is 0 Å². The highest BCUT2D eigenvalue weighted by Gasteiger charge is 2.13. The molecule has 3 aromatic rings. The number of hydrogen-bond acceptors (Lipinski definition) is 5. The van der Waals surface area contributed by atoms with Crippen molar-refractivity contribution < 1.29 is 9.90 Å². The second-order valence-corrected chi connectivity index (χ2v) is 5.29. The van der Waals surface area contributed by atoms with E-state index in [0.717, 1.165) is 16.7 Å². The fourth-order valence-electron chi connectivity index (χ4n) is 2.02. The highest BCUT2D eigenvalue weighted by Crippen LogP contribution is 2.24. The van der Waals surface area contributed by atoms with E-state index in [9.17, 15) is 4.79 Å². The second kappa shape index (κ2) is 5.92. The van der Waals surface area contributed by atoms with Gasteiger partial charge >= 0.3 is 5.97 Å². The van der Waals surface area contributed by atoms with Crippen molar-refractivity contribution in [3.05, 3.63) is 48.5 Å². The van der Waals surface area contributed by atoms with Crippen LogP contribution < -0.4 is 0 Å². The van der Waals surface area contributed by atoms with Crippen LogP contribution in [0.15, 0.2) is 48.0 Å². The smallest absolute Gasteiger partial charge is 0.313 e. The third-order valence-corrected chi connectivity index (χ3v) is 3.87. The van der Waals surface area contributed by atoms with E-state index < -0.39 is 5.97 Å². The molecule has 7 heteroatoms. The van der Waals surface area contributed by atoms with E-state index in [4.69, 9.17) is 5.11 Å². The zero-order chi connectivity index (χ0) is 14.7. The molecular weight excluding hydrogens is 288 g/mol. The number of benzene rings is 1. The Morgan fingerprint density at radius 3 is 2.90 bits per heavy atom. The Balaban J connectivity index is 2.00. The van der Waals surface area contributed by atoms with Crippen molar-refractivity contribution in [1.29, 1.82) is 0 Å². The summed E-state index contributed by atoms with van der Waals surface area (Å²) in [6, 6.07) is 9.56. The first-order valence-corrected chi connectivity index (χ1v) is 7.27. The summed E-state index contributed by atoms with van der Waals surface area (Å²) in [5.74, 6) is -0.881. The lowest BCUT2D eigenvalue weighted by molar-refractivity contribution is -0.133. The molecule has 0 aliphatic heterocycles. The SMILES string of the molecule is O=C(O)CSc1nc2ccccc2n1Cc1ccncn1. The molecular formula is C14H12N4O2S. The molecule has 1 N–H and O–H groups in total. The number of aromatic nitrogens is 4. The molecule has 0 spiro atoms. The molecule has 2 heterocycles. The van der Waals surface area contributed by atoms with E-state index >= 15 is 0 Å². The van der Waals surface area contributed by atoms with Gasteiger partial charge in [-0.15, -0.1) is 0 Å². The predicted octanol–water partition coefficient (Wildman–Crippen LogP) is 2.05. The molecule has 3 rings (SSSR count). The van der Waals surface area contributed by atoms with E-state index in [1.807, 2.05) is 34.9 Å². The van der Waals surface area contributed by atoms with Crippen molar-refractivity contribution >= 4 is 28.8 Å². The largest absolute Gasteiger partial charge is 0.481 e. The summed E-state index contributed by atoms with van der Waals surface area (Å²) >= 11 is 1.21. The number of rotatable bonds is 5. The fourth-order valence-corrected chi connectivity index (χ4v) is 2.75. The fraction of sp³-hybridized carbons (Fsp3) is 0.143. The van der Waals surface area contributed by atoms with Gasteiger partial charge in [0.1, 0.15) is 6.33 Å². The van der Waals surface area contributed by atoms with Crippen molar-refractivity contribution in [2.75, 3.05) is 5.75 Å². The third kappa shape index (κ3) is 3.03. The molecule has 0 saturated heterocycles. The van der Waals surface area contributed by atoms with Crippen LogP contribution in [0.1, 0.15) is 5.69 Å². The Bertz CT molecular complexity index is 773. The maximum absolute atomic E-state index is 10.8. The Morgan fingerprint density at radius 1 is 1.29 bits per heavy atom. The maximum Gasteiger partial charge on any atom is 0.313 e. The summed E-state index contributed by atoms with van der Waals surface area (Å²) in [4.78, 5) is 23.4. The maximum atomic E-state index is 10.8. The molecule has 21 heavy (non-hydrogen) atoms. The first kappa shape index (κ1) is 13.6. The minimum Gasteiger partial charge on any atom is -0.481 e. The molecule has 0 fully saturated rings. The van der Waals surface area contributed by atoms with Crippen LogP contribution in [0, 0.1) is 0 Å². The first-order valence-electron chi connectivity index (χ1n) is 6.29. The minimum absolute atomic E-state index is 0.0207. The summed E-state index contributed by atoms with van der Waals surface area (Å²) in [6.45, 7) is 0.533. The van der Waals surface area contributed by atoms with Gasteiger partial charge < -0.3 is 9.67 Å². The van der Waals surface area contributed by atoms with Crippen LogP contribution in [0.5, 0.6) is 0 Å². The molecule has 0 atom stereocenters. The first-order chi connectivity index (χ1) is 10.2. The summed E-state index contributed by atoms with van der Waals surface area (Å²) in [7, 11) is 0. The van der Waals surface area contributed by atoms with Crippen LogP contribution in [0.4, 0.5) is 0 Å². The van der Waals surface area contributed by atoms with Crippen LogP contribution in [-0.2, 0) is 11.3 Å². The van der Waals surface area contributed by atoms with Crippen molar-refractivity contribution in [2.45, 2.75) is 11.7 Å². The molecule has 6 nitrogen and oxygen atoms in total. The van der Waals surface area contributed by atoms with Gasteiger partial charge in [0.05, 0.1) is 29.0 Å². The van der Waals surface area contributed by atoms with Gasteiger partial charge in [-0.25, -0.2) is 15.0 Å². The molecule has 2 aromatic heterocycles. The van der Waals surface area contributed by atoms with Crippen LogP contribution >= 0.6 is 11.8 Å². The highest BCUT2D eigenvalue weighted by atomic mass is 32.2. The van der Waals surface area contributed by atoms with Crippen molar-refractivity contribution in [3.8, 4) is 0 Å². The van der Waals surface area contributed by atoms with Gasteiger partial charge in [-0.05, 0) is 18.2 Å². The molecule has 0 aliphatic carbocycles. The number of thioether (sulfide) groups is 1. The zero-order valence-electron chi connectivity index (χ0n) is 11.0. The number of aliphatic carboxylic acids is 1. The molecule has 0 radical (unpaired) electrons. The van der Waals surface area contributed by atoms with Gasteiger partial charge in [-0.3, -0.25) is 4.79 Å². The average molecular weight is 300 g/mol. The number of carboxylic acid groups (broad SMARTS) is 1. The Kier molecular flexibility index (Phi) is 3.83. The normalized spacial score (nSPS) is 10.9. The number of carbonyl (C=O) groups is 1. The molecule has 0 amide bonds. The number of nitrogens with zero attached hydrogens (tertiary/aromatic N) is 4. The zero-order valence-corrected chi connectivity index (χ0v) is 11.8. The predicted molar refractivity (Wildman–Crippen MR) is 79.2 cm³/mol. The quantitative estimate of drug-likeness (QED) is 0.726. The second-order valence-electron chi connectivity index (χ2n) is 4.35. The van der Waals surface area contributed by atoms with Crippen LogP contribution in [0.25, 0.3) is 11.0 Å². The lowest BCUT2D eigenvalue weighted by atomic mass is 10.3. The molecule has 0 unspecified atom stereocenters. The highest BCUT2D eigenvalue weighted by molar-refractivity contribution is 7.99. The molecule has 0 aliphatic rings. The Morgan fingerprint density at radius 2 is 2.14 bits per heavy atom. The van der Waals surface area contributed by atoms with Gasteiger partial charge in [0.2, 0.25) is 0 Å². The molecule has 0 bridgehead atoms. The van der Waals surface area contributed by atoms with E-state index in [1.165, 1.54) is 18.1 Å². The Labute approximate surface area is 124 Å². The van der Waals surface area contributed by atoms with Crippen molar-refractivity contribution in [2.24, 2.45) is 0 Å². The van der Waals surface area contributed by atoms with E-state index in [-0.39, 0.29) is 5.75 Å². The third-order valence-electron chi connectivity index (χ3n) is 2.91. The lowest BCUT2D eigenvalue weighted by Gasteiger charge is -2.07. The summed E-state index contributed by atoms with van der Waals surface area (Å²) in [5.41, 5.74) is 2.66. The monoisotopic (exact) mass is 300 g/mol. The van der Waals surface area contributed by atoms with E-state index in [0.29, 0.717) is 11.7 Å². The van der Waals surface area contributed by atoms with Crippen molar-refractivity contribution in [1.82, 2.24) is 19.5 Å². The van der Waals surface area contributed by atoms with E-state index in [2.05, 4.69) is 15.0 Å². The Hall–Kier alpha value is -2.41. The van der Waals surface area contributed by atoms with Gasteiger partial charge in [-0.2, -0.15) is 0 Å². The average Bonchev–Trinajstić information content (AvgIpc) is 2.84. The van der Waals surface area contributed by atoms with Gasteiger partial charge in [0.15, 0.2) is 5.16 Å². The summed E-state index contributed by atoms with van der Waals surface area (Å²) in [5, 5.41) is 9.53. The van der Waals surface area contributed by atoms with Crippen LogP contribution in [0.2, 0.25) is 0 Å². The van der Waals surface area contributed by atoms with Crippen molar-refractivity contribution in [3.63, 3.8) is 0 Å². The number of imidazole rings is 1. The molecule has 106 valence electrons. The van der Waals surface area contributed by atoms with Crippen LogP contribution in [0.3, 0.4) is 0 Å². The number of hydrogen-bond donors (Lipinski definition) is 1. The summed E-state index contributed by atoms with van der Waals surface area (Å²) < 4.78 is 1.98. The van der Waals surface area contributed by atoms with E-state index in [1.54, 1.807) is 6.20 Å². The van der Waals surface area contributed by atoms with Gasteiger partial charge in [-0.1, -0.05) is 23.9 Å². The standard InChI is InChI=1S/C14H12N4O2S/c19-13(20)8-21-14-17-11-3-1-2-4-12(11)18(14)7-10-5-6-15-9-16-10/h1-6,9H,7-8H2,(H,19,20). The molecule has 0 saturated carbocycles. The van der Waals surface area contributed by atoms with Crippen LogP contribution in [-0.4, -0.2) is 36.3 Å². The molecule has 1 aromatic carbocycles. The topological polar surface area (TPSA) is 80.9 Å². The number of para-hydroxylation sites is 2. The number of carboxylic acids is 1.